The van der Waals surface area contributed by atoms with Crippen molar-refractivity contribution in [2.24, 2.45) is 0 Å². The monoisotopic (exact) mass is 387 g/mol. The second-order valence-corrected chi connectivity index (χ2v) is 7.47. The third-order valence-corrected chi connectivity index (χ3v) is 5.34. The molecule has 0 aliphatic carbocycles. The second-order valence-electron chi connectivity index (χ2n) is 7.47. The van der Waals surface area contributed by atoms with Gasteiger partial charge < -0.3 is 10.1 Å². The maximum absolute atomic E-state index is 13.2. The fourth-order valence-corrected chi connectivity index (χ4v) is 3.41. The Morgan fingerprint density at radius 3 is 2.21 bits per heavy atom. The van der Waals surface area contributed by atoms with Crippen LogP contribution >= 0.6 is 0 Å². The Bertz CT molecular complexity index is 965. The lowest BCUT2D eigenvalue weighted by Gasteiger charge is -2.25. The smallest absolute Gasteiger partial charge is 0.261 e. The molecule has 0 radical (unpaired) electrons. The zero-order valence-corrected chi connectivity index (χ0v) is 17.6. The first kappa shape index (κ1) is 20.7. The highest BCUT2D eigenvalue weighted by molar-refractivity contribution is 5.82. The number of hydrogen-bond acceptors (Lipinski definition) is 2. The van der Waals surface area contributed by atoms with E-state index < -0.39 is 6.10 Å². The molecule has 0 spiro atoms. The van der Waals surface area contributed by atoms with E-state index in [-0.39, 0.29) is 11.9 Å². The van der Waals surface area contributed by atoms with Crippen LogP contribution in [-0.4, -0.2) is 12.0 Å². The molecule has 0 bridgehead atoms. The lowest BCUT2D eigenvalue weighted by atomic mass is 9.94. The maximum Gasteiger partial charge on any atom is 0.261 e. The van der Waals surface area contributed by atoms with Gasteiger partial charge in [-0.1, -0.05) is 67.6 Å². The minimum Gasteiger partial charge on any atom is -0.481 e. The molecule has 3 nitrogen and oxygen atoms in total. The molecule has 0 saturated carbocycles. The lowest BCUT2D eigenvalue weighted by molar-refractivity contribution is -0.128. The van der Waals surface area contributed by atoms with Crippen LogP contribution in [0.1, 0.15) is 47.2 Å². The summed E-state index contributed by atoms with van der Waals surface area (Å²) < 4.78 is 6.05. The predicted molar refractivity (Wildman–Crippen MR) is 118 cm³/mol. The molecule has 0 aliphatic heterocycles. The summed E-state index contributed by atoms with van der Waals surface area (Å²) in [6.07, 6.45) is 0.0425. The average Bonchev–Trinajstić information content (AvgIpc) is 2.74. The molecule has 3 heteroatoms. The number of nitrogens with one attached hydrogen (secondary N) is 1. The summed E-state index contributed by atoms with van der Waals surface area (Å²) >= 11 is 0. The van der Waals surface area contributed by atoms with E-state index in [1.54, 1.807) is 0 Å². The molecule has 0 saturated heterocycles. The Labute approximate surface area is 173 Å². The van der Waals surface area contributed by atoms with Gasteiger partial charge in [-0.3, -0.25) is 4.79 Å². The van der Waals surface area contributed by atoms with E-state index in [0.717, 1.165) is 28.0 Å². The van der Waals surface area contributed by atoms with Crippen LogP contribution in [0.25, 0.3) is 0 Å². The van der Waals surface area contributed by atoms with Crippen molar-refractivity contribution in [3.05, 3.63) is 101 Å². The third-order valence-electron chi connectivity index (χ3n) is 5.34. The van der Waals surface area contributed by atoms with Crippen molar-refractivity contribution < 1.29 is 9.53 Å². The number of hydrogen-bond donors (Lipinski definition) is 1. The molecule has 0 aromatic heterocycles. The van der Waals surface area contributed by atoms with Crippen LogP contribution in [-0.2, 0) is 4.79 Å². The fraction of sp³-hybridized carbons (Fsp3) is 0.269. The zero-order chi connectivity index (χ0) is 20.8. The second kappa shape index (κ2) is 9.42. The number of carbonyl (C=O) groups is 1. The van der Waals surface area contributed by atoms with E-state index in [4.69, 9.17) is 4.74 Å². The zero-order valence-electron chi connectivity index (χ0n) is 17.6. The average molecular weight is 388 g/mol. The fourth-order valence-electron chi connectivity index (χ4n) is 3.41. The first-order valence-electron chi connectivity index (χ1n) is 10.1. The minimum atomic E-state index is -0.549. The summed E-state index contributed by atoms with van der Waals surface area (Å²) in [5.41, 5.74) is 5.65. The molecular formula is C26H29NO2. The van der Waals surface area contributed by atoms with Gasteiger partial charge in [-0.15, -0.1) is 0 Å². The topological polar surface area (TPSA) is 38.3 Å². The van der Waals surface area contributed by atoms with Crippen LogP contribution in [0.15, 0.2) is 72.8 Å². The summed E-state index contributed by atoms with van der Waals surface area (Å²) in [7, 11) is 0. The highest BCUT2D eigenvalue weighted by Gasteiger charge is 2.24. The van der Waals surface area contributed by atoms with Crippen LogP contribution in [0.2, 0.25) is 0 Å². The Morgan fingerprint density at radius 2 is 1.55 bits per heavy atom. The van der Waals surface area contributed by atoms with Crippen LogP contribution < -0.4 is 10.1 Å². The molecule has 0 fully saturated rings. The highest BCUT2D eigenvalue weighted by atomic mass is 16.5. The van der Waals surface area contributed by atoms with Crippen molar-refractivity contribution in [3.63, 3.8) is 0 Å². The van der Waals surface area contributed by atoms with E-state index in [1.165, 1.54) is 5.56 Å². The van der Waals surface area contributed by atoms with Gasteiger partial charge in [0.2, 0.25) is 0 Å². The van der Waals surface area contributed by atoms with Gasteiger partial charge >= 0.3 is 0 Å². The number of aryl methyl sites for hydroxylation is 3. The molecular weight excluding hydrogens is 358 g/mol. The van der Waals surface area contributed by atoms with Crippen LogP contribution in [0.4, 0.5) is 0 Å². The first-order chi connectivity index (χ1) is 14.0. The molecule has 1 amide bonds. The molecule has 29 heavy (non-hydrogen) atoms. The summed E-state index contributed by atoms with van der Waals surface area (Å²) in [6.45, 7) is 8.15. The number of ether oxygens (including phenoxy) is 1. The van der Waals surface area contributed by atoms with Crippen molar-refractivity contribution in [1.29, 1.82) is 0 Å². The summed E-state index contributed by atoms with van der Waals surface area (Å²) in [6, 6.07) is 23.9. The van der Waals surface area contributed by atoms with E-state index in [9.17, 15) is 4.79 Å². The SMILES string of the molecule is CC[C@@H](Oc1ccc(C)c(C)c1)C(=O)N[C@@H](c1ccccc1)c1ccccc1C. The predicted octanol–water partition coefficient (Wildman–Crippen LogP) is 5.68. The number of rotatable bonds is 7. The molecule has 3 aromatic rings. The molecule has 3 rings (SSSR count). The molecule has 150 valence electrons. The van der Waals surface area contributed by atoms with Gasteiger partial charge in [-0.25, -0.2) is 0 Å². The summed E-state index contributed by atoms with van der Waals surface area (Å²) in [5, 5.41) is 3.22. The Kier molecular flexibility index (Phi) is 6.71. The summed E-state index contributed by atoms with van der Waals surface area (Å²) in [4.78, 5) is 13.2. The van der Waals surface area contributed by atoms with E-state index >= 15 is 0 Å². The van der Waals surface area contributed by atoms with Crippen LogP contribution in [0.3, 0.4) is 0 Å². The van der Waals surface area contributed by atoms with Crippen molar-refractivity contribution in [3.8, 4) is 5.75 Å². The molecule has 1 N–H and O–H groups in total. The minimum absolute atomic E-state index is 0.108. The highest BCUT2D eigenvalue weighted by Crippen LogP contribution is 2.26. The molecule has 3 aromatic carbocycles. The largest absolute Gasteiger partial charge is 0.481 e. The van der Waals surface area contributed by atoms with E-state index in [0.29, 0.717) is 6.42 Å². The Balaban J connectivity index is 1.85. The van der Waals surface area contributed by atoms with Gasteiger partial charge in [0.25, 0.3) is 5.91 Å². The standard InChI is InChI=1S/C26H29NO2/c1-5-24(29-22-16-15-18(2)20(4)17-22)26(28)27-25(21-12-7-6-8-13-21)23-14-10-9-11-19(23)3/h6-17,24-25H,5H2,1-4H3,(H,27,28)/t24-,25+/m1/s1. The molecule has 0 heterocycles. The molecule has 2 atom stereocenters. The van der Waals surface area contributed by atoms with Crippen molar-refractivity contribution >= 4 is 5.91 Å². The lowest BCUT2D eigenvalue weighted by Crippen LogP contribution is -2.40. The quantitative estimate of drug-likeness (QED) is 0.567. The third kappa shape index (κ3) is 5.05. The number of amides is 1. The Morgan fingerprint density at radius 1 is 0.862 bits per heavy atom. The van der Waals surface area contributed by atoms with Gasteiger partial charge in [0, 0.05) is 0 Å². The van der Waals surface area contributed by atoms with Gasteiger partial charge in [0.1, 0.15) is 5.75 Å². The molecule has 0 aliphatic rings. The van der Waals surface area contributed by atoms with Gasteiger partial charge in [-0.2, -0.15) is 0 Å². The number of benzene rings is 3. The van der Waals surface area contributed by atoms with Gasteiger partial charge in [0.15, 0.2) is 6.10 Å². The first-order valence-corrected chi connectivity index (χ1v) is 10.1. The van der Waals surface area contributed by atoms with Crippen LogP contribution in [0.5, 0.6) is 5.75 Å². The van der Waals surface area contributed by atoms with Crippen molar-refractivity contribution in [2.75, 3.05) is 0 Å². The van der Waals surface area contributed by atoms with Crippen molar-refractivity contribution in [1.82, 2.24) is 5.32 Å². The molecule has 0 unspecified atom stereocenters. The maximum atomic E-state index is 13.2. The summed E-state index contributed by atoms with van der Waals surface area (Å²) in [5.74, 6) is 0.616. The van der Waals surface area contributed by atoms with E-state index in [2.05, 4.69) is 31.3 Å². The van der Waals surface area contributed by atoms with Crippen LogP contribution in [0, 0.1) is 20.8 Å². The van der Waals surface area contributed by atoms with E-state index in [1.807, 2.05) is 74.5 Å². The number of carbonyl (C=O) groups excluding carboxylic acids is 1. The Hall–Kier alpha value is -3.07. The van der Waals surface area contributed by atoms with Gasteiger partial charge in [0.05, 0.1) is 6.04 Å². The van der Waals surface area contributed by atoms with Crippen molar-refractivity contribution in [2.45, 2.75) is 46.3 Å². The normalized spacial score (nSPS) is 12.8. The van der Waals surface area contributed by atoms with Gasteiger partial charge in [-0.05, 0) is 67.1 Å².